The van der Waals surface area contributed by atoms with E-state index in [1.807, 2.05) is 0 Å². The van der Waals surface area contributed by atoms with E-state index < -0.39 is 0 Å². The van der Waals surface area contributed by atoms with Crippen LogP contribution in [-0.2, 0) is 13.0 Å². The van der Waals surface area contributed by atoms with Crippen LogP contribution < -0.4 is 5.32 Å². The molecule has 1 aliphatic heterocycles. The first-order valence-electron chi connectivity index (χ1n) is 7.35. The molecule has 0 fully saturated rings. The number of furan rings is 1. The van der Waals surface area contributed by atoms with Gasteiger partial charge in [0.2, 0.25) is 0 Å². The van der Waals surface area contributed by atoms with Gasteiger partial charge in [0.05, 0.1) is 11.8 Å². The second-order valence-electron chi connectivity index (χ2n) is 5.56. The third-order valence-electron chi connectivity index (χ3n) is 4.12. The summed E-state index contributed by atoms with van der Waals surface area (Å²) in [5.74, 6) is -0.0759. The third-order valence-corrected chi connectivity index (χ3v) is 4.12. The fraction of sp³-hybridized carbons (Fsp3) is 0.353. The molecule has 1 atom stereocenters. The predicted octanol–water partition coefficient (Wildman–Crippen LogP) is 2.46. The summed E-state index contributed by atoms with van der Waals surface area (Å²) >= 11 is 0. The topological polar surface area (TPSA) is 45.5 Å². The monoisotopic (exact) mass is 284 g/mol. The first kappa shape index (κ1) is 13.9. The van der Waals surface area contributed by atoms with Crippen molar-refractivity contribution < 1.29 is 9.21 Å². The number of benzene rings is 1. The Morgan fingerprint density at radius 1 is 1.33 bits per heavy atom. The SMILES string of the molecule is C[C@H](CNC(=O)c1ccoc1)N1CCc2ccccc2C1. The molecule has 4 nitrogen and oxygen atoms in total. The second kappa shape index (κ2) is 6.14. The van der Waals surface area contributed by atoms with Crippen molar-refractivity contribution in [2.75, 3.05) is 13.1 Å². The molecule has 0 radical (unpaired) electrons. The number of nitrogens with zero attached hydrogens (tertiary/aromatic N) is 1. The van der Waals surface area contributed by atoms with Crippen LogP contribution in [0.15, 0.2) is 47.3 Å². The Morgan fingerprint density at radius 2 is 2.14 bits per heavy atom. The fourth-order valence-electron chi connectivity index (χ4n) is 2.76. The lowest BCUT2D eigenvalue weighted by molar-refractivity contribution is 0.0932. The number of nitrogens with one attached hydrogen (secondary N) is 1. The first-order chi connectivity index (χ1) is 10.2. The summed E-state index contributed by atoms with van der Waals surface area (Å²) in [5, 5.41) is 2.97. The zero-order chi connectivity index (χ0) is 14.7. The minimum atomic E-state index is -0.0759. The van der Waals surface area contributed by atoms with Crippen LogP contribution in [0.25, 0.3) is 0 Å². The van der Waals surface area contributed by atoms with Gasteiger partial charge in [-0.3, -0.25) is 9.69 Å². The molecule has 0 aliphatic carbocycles. The van der Waals surface area contributed by atoms with Crippen molar-refractivity contribution in [2.24, 2.45) is 0 Å². The van der Waals surface area contributed by atoms with Gasteiger partial charge in [0, 0.05) is 25.7 Å². The van der Waals surface area contributed by atoms with Crippen molar-refractivity contribution >= 4 is 5.91 Å². The highest BCUT2D eigenvalue weighted by Crippen LogP contribution is 2.19. The van der Waals surface area contributed by atoms with E-state index in [1.54, 1.807) is 6.07 Å². The molecule has 1 aromatic heterocycles. The largest absolute Gasteiger partial charge is 0.472 e. The van der Waals surface area contributed by atoms with Crippen LogP contribution in [0.1, 0.15) is 28.4 Å². The number of rotatable bonds is 4. The molecule has 0 saturated carbocycles. The van der Waals surface area contributed by atoms with Gasteiger partial charge in [0.1, 0.15) is 6.26 Å². The Labute approximate surface area is 124 Å². The van der Waals surface area contributed by atoms with Crippen LogP contribution in [0, 0.1) is 0 Å². The molecule has 1 aliphatic rings. The van der Waals surface area contributed by atoms with Gasteiger partial charge in [0.25, 0.3) is 5.91 Å². The summed E-state index contributed by atoms with van der Waals surface area (Å²) in [5.41, 5.74) is 3.42. The van der Waals surface area contributed by atoms with E-state index >= 15 is 0 Å². The van der Waals surface area contributed by atoms with Crippen LogP contribution in [0.5, 0.6) is 0 Å². The summed E-state index contributed by atoms with van der Waals surface area (Å²) in [4.78, 5) is 14.3. The fourth-order valence-corrected chi connectivity index (χ4v) is 2.76. The van der Waals surface area contributed by atoms with Crippen molar-refractivity contribution in [2.45, 2.75) is 25.9 Å². The second-order valence-corrected chi connectivity index (χ2v) is 5.56. The zero-order valence-corrected chi connectivity index (χ0v) is 12.2. The molecule has 2 aromatic rings. The van der Waals surface area contributed by atoms with E-state index in [0.29, 0.717) is 18.2 Å². The maximum Gasteiger partial charge on any atom is 0.254 e. The maximum atomic E-state index is 11.9. The number of hydrogen-bond acceptors (Lipinski definition) is 3. The van der Waals surface area contributed by atoms with Crippen molar-refractivity contribution in [3.63, 3.8) is 0 Å². The smallest absolute Gasteiger partial charge is 0.254 e. The average molecular weight is 284 g/mol. The highest BCUT2D eigenvalue weighted by molar-refractivity contribution is 5.93. The summed E-state index contributed by atoms with van der Waals surface area (Å²) in [6.45, 7) is 4.80. The Hall–Kier alpha value is -2.07. The quantitative estimate of drug-likeness (QED) is 0.938. The van der Waals surface area contributed by atoms with Gasteiger partial charge >= 0.3 is 0 Å². The van der Waals surface area contributed by atoms with Crippen LogP contribution in [0.3, 0.4) is 0 Å². The van der Waals surface area contributed by atoms with E-state index in [-0.39, 0.29) is 5.91 Å². The van der Waals surface area contributed by atoms with Crippen molar-refractivity contribution in [3.8, 4) is 0 Å². The summed E-state index contributed by atoms with van der Waals surface area (Å²) in [6, 6.07) is 10.6. The van der Waals surface area contributed by atoms with Gasteiger partial charge < -0.3 is 9.73 Å². The molecule has 4 heteroatoms. The lowest BCUT2D eigenvalue weighted by atomic mass is 9.99. The minimum absolute atomic E-state index is 0.0759. The maximum absolute atomic E-state index is 11.9. The molecule has 1 N–H and O–H groups in total. The zero-order valence-electron chi connectivity index (χ0n) is 12.2. The van der Waals surface area contributed by atoms with Gasteiger partial charge in [-0.25, -0.2) is 0 Å². The van der Waals surface area contributed by atoms with E-state index in [4.69, 9.17) is 4.42 Å². The van der Waals surface area contributed by atoms with Crippen LogP contribution >= 0.6 is 0 Å². The van der Waals surface area contributed by atoms with Gasteiger partial charge in [-0.15, -0.1) is 0 Å². The Kier molecular flexibility index (Phi) is 4.06. The number of hydrogen-bond donors (Lipinski definition) is 1. The summed E-state index contributed by atoms with van der Waals surface area (Å²) < 4.78 is 4.93. The van der Waals surface area contributed by atoms with E-state index in [0.717, 1.165) is 19.5 Å². The van der Waals surface area contributed by atoms with Gasteiger partial charge in [-0.1, -0.05) is 24.3 Å². The molecule has 1 aromatic carbocycles. The summed E-state index contributed by atoms with van der Waals surface area (Å²) in [7, 11) is 0. The molecule has 3 rings (SSSR count). The molecule has 110 valence electrons. The van der Waals surface area contributed by atoms with Crippen LogP contribution in [0.4, 0.5) is 0 Å². The molecule has 0 saturated heterocycles. The normalized spacial score (nSPS) is 16.2. The molecule has 0 spiro atoms. The third kappa shape index (κ3) is 3.16. The molecule has 0 unspecified atom stereocenters. The minimum Gasteiger partial charge on any atom is -0.472 e. The standard InChI is InChI=1S/C17H20N2O2/c1-13(10-18-17(20)16-7-9-21-12-16)19-8-6-14-4-2-3-5-15(14)11-19/h2-5,7,9,12-13H,6,8,10-11H2,1H3,(H,18,20)/t13-/m1/s1. The molecular weight excluding hydrogens is 264 g/mol. The van der Waals surface area contributed by atoms with Crippen molar-refractivity contribution in [3.05, 3.63) is 59.5 Å². The number of fused-ring (bicyclic) bond motifs is 1. The van der Waals surface area contributed by atoms with Gasteiger partial charge in [-0.2, -0.15) is 0 Å². The van der Waals surface area contributed by atoms with Crippen LogP contribution in [-0.4, -0.2) is 29.9 Å². The van der Waals surface area contributed by atoms with E-state index in [9.17, 15) is 4.79 Å². The van der Waals surface area contributed by atoms with Crippen molar-refractivity contribution in [1.82, 2.24) is 10.2 Å². The van der Waals surface area contributed by atoms with E-state index in [1.165, 1.54) is 23.7 Å². The Bertz CT molecular complexity index is 607. The summed E-state index contributed by atoms with van der Waals surface area (Å²) in [6.07, 6.45) is 4.06. The lowest BCUT2D eigenvalue weighted by Crippen LogP contribution is -2.44. The highest BCUT2D eigenvalue weighted by Gasteiger charge is 2.20. The van der Waals surface area contributed by atoms with Crippen molar-refractivity contribution in [1.29, 1.82) is 0 Å². The molecular formula is C17H20N2O2. The van der Waals surface area contributed by atoms with E-state index in [2.05, 4.69) is 41.4 Å². The number of amides is 1. The van der Waals surface area contributed by atoms with Gasteiger partial charge in [-0.05, 0) is 30.5 Å². The van der Waals surface area contributed by atoms with Gasteiger partial charge in [0.15, 0.2) is 0 Å². The molecule has 0 bridgehead atoms. The average Bonchev–Trinajstić information content (AvgIpc) is 3.06. The number of carbonyl (C=O) groups excluding carboxylic acids is 1. The lowest BCUT2D eigenvalue weighted by Gasteiger charge is -2.33. The molecule has 21 heavy (non-hydrogen) atoms. The Morgan fingerprint density at radius 3 is 2.90 bits per heavy atom. The van der Waals surface area contributed by atoms with Crippen LogP contribution in [0.2, 0.25) is 0 Å². The Balaban J connectivity index is 1.55. The molecule has 2 heterocycles. The number of carbonyl (C=O) groups is 1. The first-order valence-corrected chi connectivity index (χ1v) is 7.35. The molecule has 1 amide bonds. The highest BCUT2D eigenvalue weighted by atomic mass is 16.3. The predicted molar refractivity (Wildman–Crippen MR) is 81.1 cm³/mol.